The maximum absolute atomic E-state index is 10.4. The number of ether oxygens (including phenoxy) is 2. The van der Waals surface area contributed by atoms with Crippen LogP contribution in [0.15, 0.2) is 54.6 Å². The van der Waals surface area contributed by atoms with Gasteiger partial charge < -0.3 is 14.6 Å². The number of hydrogen-bond donors (Lipinski definition) is 1. The molecule has 0 aliphatic heterocycles. The van der Waals surface area contributed by atoms with E-state index in [1.54, 1.807) is 0 Å². The third-order valence-electron chi connectivity index (χ3n) is 5.25. The van der Waals surface area contributed by atoms with Gasteiger partial charge >= 0.3 is 0 Å². The number of benzene rings is 2. The summed E-state index contributed by atoms with van der Waals surface area (Å²) in [6.07, 6.45) is 0.452. The van der Waals surface area contributed by atoms with Crippen molar-refractivity contribution in [2.45, 2.75) is 46.8 Å². The Hall–Kier alpha value is -2.67. The zero-order valence-electron chi connectivity index (χ0n) is 19.6. The molecule has 0 spiro atoms. The third kappa shape index (κ3) is 6.42. The van der Waals surface area contributed by atoms with Crippen LogP contribution in [0.25, 0.3) is 5.69 Å². The first kappa shape index (κ1) is 24.0. The minimum absolute atomic E-state index is 0.339. The van der Waals surface area contributed by atoms with Crippen molar-refractivity contribution in [2.75, 3.05) is 26.3 Å². The molecule has 3 rings (SSSR count). The lowest BCUT2D eigenvalue weighted by molar-refractivity contribution is 0.0195. The second-order valence-corrected chi connectivity index (χ2v) is 8.08. The number of aliphatic hydroxyl groups excluding tert-OH is 1. The second kappa shape index (κ2) is 11.8. The van der Waals surface area contributed by atoms with Crippen molar-refractivity contribution >= 4 is 0 Å². The summed E-state index contributed by atoms with van der Waals surface area (Å²) >= 11 is 0. The van der Waals surface area contributed by atoms with Crippen LogP contribution in [-0.2, 0) is 11.3 Å². The van der Waals surface area contributed by atoms with Crippen molar-refractivity contribution in [1.29, 1.82) is 0 Å². The Labute approximate surface area is 191 Å². The second-order valence-electron chi connectivity index (χ2n) is 8.08. The number of aryl methyl sites for hydroxylation is 2. The van der Waals surface area contributed by atoms with Gasteiger partial charge in [0, 0.05) is 19.7 Å². The lowest BCUT2D eigenvalue weighted by atomic mass is 10.2. The summed E-state index contributed by atoms with van der Waals surface area (Å²) in [6, 6.07) is 18.1. The topological polar surface area (TPSA) is 59.8 Å². The molecule has 0 saturated heterocycles. The van der Waals surface area contributed by atoms with Gasteiger partial charge in [-0.1, -0.05) is 37.3 Å². The molecule has 2 aromatic carbocycles. The predicted octanol–water partition coefficient (Wildman–Crippen LogP) is 4.89. The SMILES string of the molecule is CCCN(Cc1c(C)nn(-c2ccccc2)c1Oc1cccc(C)c1)CC(O)COCC. The van der Waals surface area contributed by atoms with Crippen LogP contribution in [0.1, 0.15) is 37.1 Å². The summed E-state index contributed by atoms with van der Waals surface area (Å²) in [5.41, 5.74) is 4.02. The molecule has 1 heterocycles. The molecule has 6 nitrogen and oxygen atoms in total. The van der Waals surface area contributed by atoms with Crippen molar-refractivity contribution in [3.63, 3.8) is 0 Å². The van der Waals surface area contributed by atoms with Gasteiger partial charge in [-0.2, -0.15) is 5.10 Å². The monoisotopic (exact) mass is 437 g/mol. The highest BCUT2D eigenvalue weighted by Crippen LogP contribution is 2.32. The Morgan fingerprint density at radius 3 is 2.53 bits per heavy atom. The number of hydrogen-bond acceptors (Lipinski definition) is 5. The van der Waals surface area contributed by atoms with Gasteiger partial charge in [0.1, 0.15) is 5.75 Å². The molecule has 0 aliphatic rings. The van der Waals surface area contributed by atoms with Crippen LogP contribution in [0.4, 0.5) is 0 Å². The van der Waals surface area contributed by atoms with Crippen LogP contribution >= 0.6 is 0 Å². The largest absolute Gasteiger partial charge is 0.439 e. The molecule has 0 amide bonds. The van der Waals surface area contributed by atoms with Gasteiger partial charge in [0.2, 0.25) is 5.88 Å². The quantitative estimate of drug-likeness (QED) is 0.437. The Bertz CT molecular complexity index is 972. The van der Waals surface area contributed by atoms with E-state index in [9.17, 15) is 5.11 Å². The molecular formula is C26H35N3O3. The summed E-state index contributed by atoms with van der Waals surface area (Å²) < 4.78 is 13.7. The van der Waals surface area contributed by atoms with E-state index in [-0.39, 0.29) is 0 Å². The minimum atomic E-state index is -0.535. The minimum Gasteiger partial charge on any atom is -0.439 e. The van der Waals surface area contributed by atoms with E-state index in [4.69, 9.17) is 14.6 Å². The van der Waals surface area contributed by atoms with Crippen molar-refractivity contribution in [2.24, 2.45) is 0 Å². The highest BCUT2D eigenvalue weighted by molar-refractivity contribution is 5.43. The summed E-state index contributed by atoms with van der Waals surface area (Å²) in [4.78, 5) is 2.24. The molecule has 0 aliphatic carbocycles. The lowest BCUT2D eigenvalue weighted by Gasteiger charge is -2.25. The van der Waals surface area contributed by atoms with Crippen LogP contribution in [0.2, 0.25) is 0 Å². The zero-order valence-corrected chi connectivity index (χ0v) is 19.6. The third-order valence-corrected chi connectivity index (χ3v) is 5.25. The van der Waals surface area contributed by atoms with Crippen LogP contribution in [0.3, 0.4) is 0 Å². The highest BCUT2D eigenvalue weighted by Gasteiger charge is 2.22. The van der Waals surface area contributed by atoms with Crippen LogP contribution in [0.5, 0.6) is 11.6 Å². The number of para-hydroxylation sites is 1. The maximum Gasteiger partial charge on any atom is 0.227 e. The fraction of sp³-hybridized carbons (Fsp3) is 0.423. The van der Waals surface area contributed by atoms with E-state index in [1.165, 1.54) is 0 Å². The van der Waals surface area contributed by atoms with Gasteiger partial charge in [-0.3, -0.25) is 4.90 Å². The van der Waals surface area contributed by atoms with E-state index < -0.39 is 6.10 Å². The van der Waals surface area contributed by atoms with Crippen LogP contribution in [-0.4, -0.2) is 52.2 Å². The summed E-state index contributed by atoms with van der Waals surface area (Å²) in [5, 5.41) is 15.2. The smallest absolute Gasteiger partial charge is 0.227 e. The summed E-state index contributed by atoms with van der Waals surface area (Å²) in [5.74, 6) is 1.49. The predicted molar refractivity (Wildman–Crippen MR) is 128 cm³/mol. The summed E-state index contributed by atoms with van der Waals surface area (Å²) in [6.45, 7) is 11.1. The normalized spacial score (nSPS) is 12.3. The van der Waals surface area contributed by atoms with E-state index in [1.807, 2.05) is 67.1 Å². The maximum atomic E-state index is 10.4. The van der Waals surface area contributed by atoms with E-state index >= 15 is 0 Å². The standard InChI is InChI=1S/C26H35N3O3/c1-5-15-28(17-23(30)19-31-6-2)18-25-21(4)27-29(22-12-8-7-9-13-22)26(25)32-24-14-10-11-20(3)16-24/h7-14,16,23,30H,5-6,15,17-19H2,1-4H3. The van der Waals surface area contributed by atoms with Gasteiger partial charge in [-0.05, 0) is 63.6 Å². The number of rotatable bonds is 12. The molecule has 32 heavy (non-hydrogen) atoms. The molecular weight excluding hydrogens is 402 g/mol. The first-order valence-electron chi connectivity index (χ1n) is 11.4. The molecule has 1 unspecified atom stereocenters. The summed E-state index contributed by atoms with van der Waals surface area (Å²) in [7, 11) is 0. The van der Waals surface area contributed by atoms with Crippen LogP contribution in [0, 0.1) is 13.8 Å². The molecule has 0 radical (unpaired) electrons. The first-order valence-corrected chi connectivity index (χ1v) is 11.4. The van der Waals surface area contributed by atoms with Crippen molar-refractivity contribution in [3.05, 3.63) is 71.4 Å². The Morgan fingerprint density at radius 2 is 1.84 bits per heavy atom. The fourth-order valence-corrected chi connectivity index (χ4v) is 3.74. The van der Waals surface area contributed by atoms with Crippen molar-refractivity contribution in [1.82, 2.24) is 14.7 Å². The van der Waals surface area contributed by atoms with Gasteiger partial charge in [0.25, 0.3) is 0 Å². The fourth-order valence-electron chi connectivity index (χ4n) is 3.74. The van der Waals surface area contributed by atoms with Gasteiger partial charge in [-0.25, -0.2) is 4.68 Å². The Kier molecular flexibility index (Phi) is 8.85. The van der Waals surface area contributed by atoms with Crippen LogP contribution < -0.4 is 4.74 Å². The van der Waals surface area contributed by atoms with Crippen molar-refractivity contribution < 1.29 is 14.6 Å². The number of nitrogens with zero attached hydrogens (tertiary/aromatic N) is 3. The van der Waals surface area contributed by atoms with Gasteiger partial charge in [-0.15, -0.1) is 0 Å². The molecule has 172 valence electrons. The number of aliphatic hydroxyl groups is 1. The molecule has 0 fully saturated rings. The highest BCUT2D eigenvalue weighted by atomic mass is 16.5. The Morgan fingerprint density at radius 1 is 1.06 bits per heavy atom. The molecule has 0 bridgehead atoms. The average molecular weight is 438 g/mol. The lowest BCUT2D eigenvalue weighted by Crippen LogP contribution is -2.35. The average Bonchev–Trinajstić information content (AvgIpc) is 3.08. The molecule has 1 atom stereocenters. The molecule has 0 saturated carbocycles. The van der Waals surface area contributed by atoms with Crippen molar-refractivity contribution in [3.8, 4) is 17.3 Å². The van der Waals surface area contributed by atoms with E-state index in [0.29, 0.717) is 32.2 Å². The Balaban J connectivity index is 1.95. The molecule has 3 aromatic rings. The van der Waals surface area contributed by atoms with Gasteiger partial charge in [0.15, 0.2) is 0 Å². The molecule has 1 aromatic heterocycles. The molecule has 1 N–H and O–H groups in total. The number of aromatic nitrogens is 2. The van der Waals surface area contributed by atoms with E-state index in [2.05, 4.69) is 24.8 Å². The first-order chi connectivity index (χ1) is 15.5. The zero-order chi connectivity index (χ0) is 22.9. The van der Waals surface area contributed by atoms with E-state index in [0.717, 1.165) is 41.2 Å². The van der Waals surface area contributed by atoms with Gasteiger partial charge in [0.05, 0.1) is 29.7 Å². The molecule has 6 heteroatoms.